The third kappa shape index (κ3) is 2.54. The van der Waals surface area contributed by atoms with Gasteiger partial charge in [-0.2, -0.15) is 0 Å². The zero-order chi connectivity index (χ0) is 15.0. The van der Waals surface area contributed by atoms with Gasteiger partial charge in [0.15, 0.2) is 0 Å². The number of aryl methyl sites for hydroxylation is 2. The molecule has 0 aliphatic heterocycles. The van der Waals surface area contributed by atoms with Crippen molar-refractivity contribution in [1.29, 1.82) is 0 Å². The highest BCUT2D eigenvalue weighted by Gasteiger charge is 2.27. The lowest BCUT2D eigenvalue weighted by Crippen LogP contribution is -2.26. The van der Waals surface area contributed by atoms with Crippen molar-refractivity contribution in [2.24, 2.45) is 5.73 Å². The molecule has 0 spiro atoms. The van der Waals surface area contributed by atoms with Crippen LogP contribution in [0.5, 0.6) is 5.75 Å². The minimum absolute atomic E-state index is 0.0283. The fraction of sp³-hybridized carbons (Fsp3) is 0.333. The van der Waals surface area contributed by atoms with Gasteiger partial charge in [0, 0.05) is 12.0 Å². The Morgan fingerprint density at radius 3 is 2.33 bits per heavy atom. The van der Waals surface area contributed by atoms with Crippen LogP contribution < -0.4 is 10.5 Å². The summed E-state index contributed by atoms with van der Waals surface area (Å²) in [6.07, 6.45) is 1.71. The quantitative estimate of drug-likeness (QED) is 0.917. The van der Waals surface area contributed by atoms with Gasteiger partial charge < -0.3 is 10.5 Å². The minimum Gasteiger partial charge on any atom is -0.497 e. The SMILES string of the molecule is COc1ccc2c(c1)CCc1cc(F)ccc1C2C(C)N. The second-order valence-electron chi connectivity index (χ2n) is 5.74. The zero-order valence-electron chi connectivity index (χ0n) is 12.4. The molecule has 2 nitrogen and oxygen atoms in total. The van der Waals surface area contributed by atoms with Gasteiger partial charge in [0.2, 0.25) is 0 Å². The van der Waals surface area contributed by atoms with Crippen molar-refractivity contribution < 1.29 is 9.13 Å². The summed E-state index contributed by atoms with van der Waals surface area (Å²) in [7, 11) is 1.67. The number of nitrogens with two attached hydrogens (primary N) is 1. The molecule has 2 unspecified atom stereocenters. The van der Waals surface area contributed by atoms with Crippen LogP contribution in [0.4, 0.5) is 4.39 Å². The Morgan fingerprint density at radius 2 is 1.71 bits per heavy atom. The summed E-state index contributed by atoms with van der Waals surface area (Å²) in [5.74, 6) is 0.777. The smallest absolute Gasteiger partial charge is 0.123 e. The van der Waals surface area contributed by atoms with Crippen LogP contribution in [0.1, 0.15) is 35.1 Å². The number of halogens is 1. The van der Waals surface area contributed by atoms with Gasteiger partial charge in [-0.25, -0.2) is 4.39 Å². The maximum Gasteiger partial charge on any atom is 0.123 e. The highest BCUT2D eigenvalue weighted by Crippen LogP contribution is 2.37. The van der Waals surface area contributed by atoms with Gasteiger partial charge in [0.25, 0.3) is 0 Å². The Labute approximate surface area is 124 Å². The molecule has 0 fully saturated rings. The van der Waals surface area contributed by atoms with E-state index < -0.39 is 0 Å². The van der Waals surface area contributed by atoms with E-state index in [0.29, 0.717) is 0 Å². The molecule has 0 radical (unpaired) electrons. The average Bonchev–Trinajstić information content (AvgIpc) is 2.62. The van der Waals surface area contributed by atoms with Crippen molar-refractivity contribution in [3.63, 3.8) is 0 Å². The van der Waals surface area contributed by atoms with Crippen molar-refractivity contribution in [1.82, 2.24) is 0 Å². The first-order valence-corrected chi connectivity index (χ1v) is 7.31. The number of hydrogen-bond donors (Lipinski definition) is 1. The first-order chi connectivity index (χ1) is 10.1. The first-order valence-electron chi connectivity index (χ1n) is 7.31. The van der Waals surface area contributed by atoms with Gasteiger partial charge in [-0.1, -0.05) is 12.1 Å². The molecule has 0 aromatic heterocycles. The fourth-order valence-electron chi connectivity index (χ4n) is 3.33. The summed E-state index contributed by atoms with van der Waals surface area (Å²) in [4.78, 5) is 0. The molecule has 0 heterocycles. The van der Waals surface area contributed by atoms with Gasteiger partial charge in [0.05, 0.1) is 7.11 Å². The molecule has 0 bridgehead atoms. The molecule has 0 saturated carbocycles. The maximum absolute atomic E-state index is 13.6. The summed E-state index contributed by atoms with van der Waals surface area (Å²) < 4.78 is 18.9. The molecule has 2 aromatic rings. The number of hydrogen-bond acceptors (Lipinski definition) is 2. The Balaban J connectivity index is 2.17. The van der Waals surface area contributed by atoms with Gasteiger partial charge in [-0.15, -0.1) is 0 Å². The third-order valence-electron chi connectivity index (χ3n) is 4.31. The Kier molecular flexibility index (Phi) is 3.68. The largest absolute Gasteiger partial charge is 0.497 e. The number of rotatable bonds is 2. The Hall–Kier alpha value is -1.87. The van der Waals surface area contributed by atoms with E-state index in [1.165, 1.54) is 17.2 Å². The van der Waals surface area contributed by atoms with Crippen LogP contribution in [0.2, 0.25) is 0 Å². The van der Waals surface area contributed by atoms with E-state index in [1.54, 1.807) is 13.2 Å². The standard InChI is InChI=1S/C18H20FNO/c1-11(20)18-16-7-5-14(19)9-12(16)3-4-13-10-15(21-2)6-8-17(13)18/h5-11,18H,3-4,20H2,1-2H3. The highest BCUT2D eigenvalue weighted by molar-refractivity contribution is 5.48. The molecular weight excluding hydrogens is 265 g/mol. The second-order valence-corrected chi connectivity index (χ2v) is 5.74. The van der Waals surface area contributed by atoms with Crippen LogP contribution in [-0.2, 0) is 12.8 Å². The van der Waals surface area contributed by atoms with E-state index in [0.717, 1.165) is 29.7 Å². The van der Waals surface area contributed by atoms with Crippen molar-refractivity contribution >= 4 is 0 Å². The number of methoxy groups -OCH3 is 1. The Morgan fingerprint density at radius 1 is 1.10 bits per heavy atom. The topological polar surface area (TPSA) is 35.2 Å². The van der Waals surface area contributed by atoms with Crippen molar-refractivity contribution in [3.8, 4) is 5.75 Å². The van der Waals surface area contributed by atoms with Crippen LogP contribution in [-0.4, -0.2) is 13.2 Å². The van der Waals surface area contributed by atoms with Gasteiger partial charge in [-0.3, -0.25) is 0 Å². The van der Waals surface area contributed by atoms with E-state index in [9.17, 15) is 4.39 Å². The lowest BCUT2D eigenvalue weighted by Gasteiger charge is -2.24. The minimum atomic E-state index is -0.180. The number of fused-ring (bicyclic) bond motifs is 2. The van der Waals surface area contributed by atoms with E-state index in [-0.39, 0.29) is 17.8 Å². The lowest BCUT2D eigenvalue weighted by molar-refractivity contribution is 0.414. The van der Waals surface area contributed by atoms with Gasteiger partial charge in [0.1, 0.15) is 11.6 Å². The molecule has 2 atom stereocenters. The number of ether oxygens (including phenoxy) is 1. The van der Waals surface area contributed by atoms with Crippen LogP contribution in [0.3, 0.4) is 0 Å². The summed E-state index contributed by atoms with van der Waals surface area (Å²) in [6, 6.07) is 11.2. The molecule has 2 aromatic carbocycles. The fourth-order valence-corrected chi connectivity index (χ4v) is 3.33. The van der Waals surface area contributed by atoms with Crippen molar-refractivity contribution in [2.75, 3.05) is 7.11 Å². The third-order valence-corrected chi connectivity index (χ3v) is 4.31. The maximum atomic E-state index is 13.6. The summed E-state index contributed by atoms with van der Waals surface area (Å²) in [5, 5.41) is 0. The van der Waals surface area contributed by atoms with Crippen LogP contribution in [0.15, 0.2) is 36.4 Å². The molecule has 110 valence electrons. The predicted octanol–water partition coefficient (Wildman–Crippen LogP) is 3.41. The monoisotopic (exact) mass is 285 g/mol. The van der Waals surface area contributed by atoms with E-state index in [4.69, 9.17) is 10.5 Å². The molecule has 2 N–H and O–H groups in total. The normalized spacial score (nSPS) is 18.4. The molecule has 0 saturated heterocycles. The highest BCUT2D eigenvalue weighted by atomic mass is 19.1. The van der Waals surface area contributed by atoms with Crippen molar-refractivity contribution in [3.05, 3.63) is 64.5 Å². The van der Waals surface area contributed by atoms with Crippen LogP contribution in [0.25, 0.3) is 0 Å². The Bertz CT molecular complexity index is 666. The first kappa shape index (κ1) is 14.1. The lowest BCUT2D eigenvalue weighted by atomic mass is 9.83. The average molecular weight is 285 g/mol. The van der Waals surface area contributed by atoms with E-state index >= 15 is 0 Å². The molecule has 1 aliphatic carbocycles. The predicted molar refractivity (Wildman–Crippen MR) is 82.3 cm³/mol. The molecule has 3 rings (SSSR count). The van der Waals surface area contributed by atoms with Gasteiger partial charge in [-0.05, 0) is 66.3 Å². The summed E-state index contributed by atoms with van der Waals surface area (Å²) >= 11 is 0. The molecule has 3 heteroatoms. The zero-order valence-corrected chi connectivity index (χ0v) is 12.4. The number of benzene rings is 2. The van der Waals surface area contributed by atoms with Crippen LogP contribution in [0, 0.1) is 5.82 Å². The van der Waals surface area contributed by atoms with Crippen molar-refractivity contribution in [2.45, 2.75) is 31.7 Å². The second kappa shape index (κ2) is 5.49. The van der Waals surface area contributed by atoms with Gasteiger partial charge >= 0.3 is 0 Å². The summed E-state index contributed by atoms with van der Waals surface area (Å²) in [6.45, 7) is 2.01. The van der Waals surface area contributed by atoms with E-state index in [1.807, 2.05) is 19.1 Å². The van der Waals surface area contributed by atoms with E-state index in [2.05, 4.69) is 12.1 Å². The molecule has 0 amide bonds. The van der Waals surface area contributed by atoms with Crippen LogP contribution >= 0.6 is 0 Å². The molecule has 1 aliphatic rings. The molecule has 21 heavy (non-hydrogen) atoms. The summed E-state index contributed by atoms with van der Waals surface area (Å²) in [5.41, 5.74) is 10.9. The molecular formula is C18H20FNO.